The fraction of sp³-hybridized carbons (Fsp3) is 0.0638. The maximum atomic E-state index is 9.47. The molecule has 0 N–H and O–H groups in total. The third kappa shape index (κ3) is 5.88. The maximum absolute atomic E-state index is 9.47. The fourth-order valence-corrected chi connectivity index (χ4v) is 6.49. The van der Waals surface area contributed by atoms with Crippen LogP contribution in [-0.2, 0) is 0 Å². The molecule has 2 heteroatoms. The lowest BCUT2D eigenvalue weighted by Crippen LogP contribution is -2.11. The average molecular weight is 623 g/mol. The van der Waals surface area contributed by atoms with Crippen molar-refractivity contribution in [2.75, 3.05) is 0 Å². The van der Waals surface area contributed by atoms with Gasteiger partial charge in [-0.1, -0.05) is 133 Å². The molecule has 1 aliphatic carbocycles. The van der Waals surface area contributed by atoms with Crippen LogP contribution in [0.15, 0.2) is 152 Å². The predicted octanol–water partition coefficient (Wildman–Crippen LogP) is 11.6. The van der Waals surface area contributed by atoms with Crippen LogP contribution in [-0.4, -0.2) is 4.98 Å². The van der Waals surface area contributed by atoms with Gasteiger partial charge in [-0.25, -0.2) is 4.98 Å². The highest BCUT2D eigenvalue weighted by atomic mass is 14.7. The van der Waals surface area contributed by atoms with Gasteiger partial charge in [-0.2, -0.15) is 5.26 Å². The normalized spacial score (nSPS) is 15.1. The molecule has 6 aromatic carbocycles. The molecule has 0 radical (unpaired) electrons. The molecule has 0 saturated heterocycles. The Bertz CT molecular complexity index is 2350. The minimum atomic E-state index is -0.429. The molecular weight excluding hydrogens is 593 g/mol. The van der Waals surface area contributed by atoms with Crippen molar-refractivity contribution in [1.82, 2.24) is 4.98 Å². The van der Waals surface area contributed by atoms with Crippen LogP contribution in [0.3, 0.4) is 0 Å². The molecule has 1 unspecified atom stereocenters. The molecule has 0 aliphatic heterocycles. The van der Waals surface area contributed by atoms with Gasteiger partial charge < -0.3 is 0 Å². The van der Waals surface area contributed by atoms with Gasteiger partial charge in [-0.05, 0) is 100 Å². The fourth-order valence-electron chi connectivity index (χ4n) is 6.49. The number of nitriles is 1. The van der Waals surface area contributed by atoms with Crippen LogP contribution in [0.5, 0.6) is 0 Å². The first-order valence-corrected chi connectivity index (χ1v) is 16.4. The lowest BCUT2D eigenvalue weighted by atomic mass is 9.82. The zero-order chi connectivity index (χ0) is 33.2. The molecular formula is C47H30N2. The summed E-state index contributed by atoms with van der Waals surface area (Å²) in [5.74, 6) is 0. The Labute approximate surface area is 288 Å². The van der Waals surface area contributed by atoms with Crippen molar-refractivity contribution in [1.29, 1.82) is 5.26 Å². The smallest absolute Gasteiger partial charge is 0.0763 e. The minimum Gasteiger partial charge on any atom is -0.248 e. The quantitative estimate of drug-likeness (QED) is 0.185. The van der Waals surface area contributed by atoms with Crippen molar-refractivity contribution in [2.24, 2.45) is 5.41 Å². The van der Waals surface area contributed by atoms with Crippen molar-refractivity contribution in [3.63, 3.8) is 0 Å². The number of benzene rings is 4. The Kier molecular flexibility index (Phi) is 7.59. The van der Waals surface area contributed by atoms with Gasteiger partial charge in [0.25, 0.3) is 0 Å². The van der Waals surface area contributed by atoms with Crippen LogP contribution in [0.25, 0.3) is 72.2 Å². The molecule has 49 heavy (non-hydrogen) atoms. The molecule has 1 atom stereocenters. The number of aromatic nitrogens is 1. The predicted molar refractivity (Wildman–Crippen MR) is 200 cm³/mol. The summed E-state index contributed by atoms with van der Waals surface area (Å²) >= 11 is 0. The highest BCUT2D eigenvalue weighted by Crippen LogP contribution is 2.38. The zero-order valence-electron chi connectivity index (χ0n) is 27.0. The lowest BCUT2D eigenvalue weighted by molar-refractivity contribution is 0.575. The van der Waals surface area contributed by atoms with Crippen LogP contribution >= 0.6 is 0 Å². The Balaban J connectivity index is 1.17. The summed E-state index contributed by atoms with van der Waals surface area (Å²) < 4.78 is 0. The van der Waals surface area contributed by atoms with E-state index in [0.717, 1.165) is 84.2 Å². The van der Waals surface area contributed by atoms with E-state index in [0.29, 0.717) is 0 Å². The number of fused-ring (bicyclic) bond motifs is 1. The van der Waals surface area contributed by atoms with E-state index in [-0.39, 0.29) is 0 Å². The number of nitrogens with zero attached hydrogens (tertiary/aromatic N) is 2. The molecule has 7 aromatic rings. The summed E-state index contributed by atoms with van der Waals surface area (Å²) in [6.07, 6.45) is 6.95. The molecule has 0 bridgehead atoms. The Hall–Kier alpha value is -6.66. The van der Waals surface area contributed by atoms with E-state index in [2.05, 4.69) is 140 Å². The molecule has 0 spiro atoms. The monoisotopic (exact) mass is 622 g/mol. The third-order valence-electron chi connectivity index (χ3n) is 9.26. The largest absolute Gasteiger partial charge is 0.248 e. The van der Waals surface area contributed by atoms with Gasteiger partial charge >= 0.3 is 0 Å². The number of rotatable bonds is 6. The average Bonchev–Trinajstić information content (AvgIpc) is 3.18. The first-order valence-electron chi connectivity index (χ1n) is 16.4. The molecule has 2 nitrogen and oxygen atoms in total. The number of hydrogen-bond donors (Lipinski definition) is 0. The second-order valence-corrected chi connectivity index (χ2v) is 12.6. The molecule has 228 valence electrons. The SMILES string of the molecule is CC1(C#N)C=CC(c2ccc(-c3ccc(-c4cccc(-c5cc(-c6c#cccc6)cc(-c6ccccc6)n5)c4)c4ccc#cc34)cc2)=CC1. The summed E-state index contributed by atoms with van der Waals surface area (Å²) in [6.45, 7) is 1.97. The highest BCUT2D eigenvalue weighted by molar-refractivity contribution is 6.04. The summed E-state index contributed by atoms with van der Waals surface area (Å²) in [7, 11) is 0. The third-order valence-corrected chi connectivity index (χ3v) is 9.26. The van der Waals surface area contributed by atoms with E-state index in [9.17, 15) is 5.26 Å². The molecule has 1 aliphatic rings. The minimum absolute atomic E-state index is 0.429. The molecule has 1 aromatic heterocycles. The van der Waals surface area contributed by atoms with Gasteiger partial charge in [0.15, 0.2) is 0 Å². The van der Waals surface area contributed by atoms with Crippen LogP contribution < -0.4 is 0 Å². The second-order valence-electron chi connectivity index (χ2n) is 12.6. The van der Waals surface area contributed by atoms with E-state index in [1.807, 2.05) is 49.4 Å². The Morgan fingerprint density at radius 1 is 0.633 bits per heavy atom. The standard InChI is InChI=1S/C47H30N2/c1-47(32-48)27-25-35(26-28-47)34-19-21-36(22-20-34)41-23-24-42(44-18-9-8-17-43(41)44)38-15-10-16-39(29-38)46-31-40(33-11-4-2-5-12-33)30-45(49-46)37-13-6-3-7-14-37/h2-4,6-7,9-11,13-16,18-27,29-31H,28H2,1H3. The van der Waals surface area contributed by atoms with E-state index in [1.54, 1.807) is 0 Å². The summed E-state index contributed by atoms with van der Waals surface area (Å²) in [5.41, 5.74) is 12.3. The van der Waals surface area contributed by atoms with Gasteiger partial charge in [0.1, 0.15) is 0 Å². The lowest BCUT2D eigenvalue weighted by Gasteiger charge is -2.20. The van der Waals surface area contributed by atoms with Crippen LogP contribution in [0.2, 0.25) is 0 Å². The van der Waals surface area contributed by atoms with Gasteiger partial charge in [0.2, 0.25) is 0 Å². The molecule has 8 rings (SSSR count). The zero-order valence-corrected chi connectivity index (χ0v) is 27.0. The summed E-state index contributed by atoms with van der Waals surface area (Å²) in [4.78, 5) is 5.14. The van der Waals surface area contributed by atoms with Crippen molar-refractivity contribution in [3.05, 3.63) is 182 Å². The molecule has 0 amide bonds. The molecule has 0 saturated carbocycles. The Morgan fingerprint density at radius 3 is 2.12 bits per heavy atom. The van der Waals surface area contributed by atoms with Crippen LogP contribution in [0.1, 0.15) is 18.9 Å². The number of allylic oxidation sites excluding steroid dienone is 4. The van der Waals surface area contributed by atoms with Crippen LogP contribution in [0, 0.1) is 41.0 Å². The van der Waals surface area contributed by atoms with Gasteiger partial charge in [0.05, 0.1) is 22.9 Å². The van der Waals surface area contributed by atoms with Gasteiger partial charge in [-0.3, -0.25) is 0 Å². The van der Waals surface area contributed by atoms with Gasteiger partial charge in [0, 0.05) is 22.1 Å². The topological polar surface area (TPSA) is 36.7 Å². The first kappa shape index (κ1) is 29.7. The molecule has 1 heterocycles. The summed E-state index contributed by atoms with van der Waals surface area (Å²) in [6, 6.07) is 61.6. The highest BCUT2D eigenvalue weighted by Gasteiger charge is 2.22. The summed E-state index contributed by atoms with van der Waals surface area (Å²) in [5, 5.41) is 11.6. The Morgan fingerprint density at radius 2 is 1.37 bits per heavy atom. The molecule has 0 fully saturated rings. The number of hydrogen-bond acceptors (Lipinski definition) is 2. The maximum Gasteiger partial charge on any atom is 0.0763 e. The first-order chi connectivity index (χ1) is 24.1. The number of pyridine rings is 1. The van der Waals surface area contributed by atoms with Crippen molar-refractivity contribution in [3.8, 4) is 62.0 Å². The second kappa shape index (κ2) is 12.5. The van der Waals surface area contributed by atoms with Crippen LogP contribution in [0.4, 0.5) is 0 Å². The van der Waals surface area contributed by atoms with Crippen molar-refractivity contribution in [2.45, 2.75) is 13.3 Å². The van der Waals surface area contributed by atoms with Crippen molar-refractivity contribution < 1.29 is 0 Å². The van der Waals surface area contributed by atoms with Crippen molar-refractivity contribution >= 4 is 16.3 Å². The van der Waals surface area contributed by atoms with E-state index in [1.165, 1.54) is 0 Å². The van der Waals surface area contributed by atoms with Gasteiger partial charge in [-0.15, -0.1) is 0 Å². The van der Waals surface area contributed by atoms with E-state index >= 15 is 0 Å². The van der Waals surface area contributed by atoms with E-state index in [4.69, 9.17) is 4.98 Å². The van der Waals surface area contributed by atoms with E-state index < -0.39 is 5.41 Å².